The second kappa shape index (κ2) is 7.24. The molecular weight excluding hydrogens is 317 g/mol. The van der Waals surface area contributed by atoms with E-state index in [9.17, 15) is 4.39 Å². The third kappa shape index (κ3) is 3.90. The van der Waals surface area contributed by atoms with Crippen LogP contribution in [0.1, 0.15) is 16.7 Å². The van der Waals surface area contributed by atoms with Gasteiger partial charge in [0.2, 0.25) is 0 Å². The van der Waals surface area contributed by atoms with Crippen molar-refractivity contribution in [2.45, 2.75) is 13.1 Å². The molecule has 0 spiro atoms. The molecule has 0 N–H and O–H groups in total. The number of aromatic nitrogens is 3. The fourth-order valence-electron chi connectivity index (χ4n) is 2.81. The number of hydrogen-bond acceptors (Lipinski definition) is 4. The van der Waals surface area contributed by atoms with E-state index in [4.69, 9.17) is 5.26 Å². The van der Waals surface area contributed by atoms with Gasteiger partial charge < -0.3 is 0 Å². The van der Waals surface area contributed by atoms with Crippen LogP contribution in [0.15, 0.2) is 48.9 Å². The summed E-state index contributed by atoms with van der Waals surface area (Å²) < 4.78 is 15.8. The summed E-state index contributed by atoms with van der Waals surface area (Å²) >= 11 is 0. The average molecular weight is 335 g/mol. The van der Waals surface area contributed by atoms with Crippen LogP contribution in [0.3, 0.4) is 0 Å². The Labute approximate surface area is 146 Å². The van der Waals surface area contributed by atoms with E-state index in [1.807, 2.05) is 43.4 Å². The topological polar surface area (TPSA) is 57.7 Å². The van der Waals surface area contributed by atoms with Crippen molar-refractivity contribution < 1.29 is 4.39 Å². The van der Waals surface area contributed by atoms with Crippen LogP contribution in [-0.2, 0) is 20.1 Å². The summed E-state index contributed by atoms with van der Waals surface area (Å²) in [5.41, 5.74) is 3.91. The molecule has 0 bridgehead atoms. The van der Waals surface area contributed by atoms with Gasteiger partial charge in [0.05, 0.1) is 17.3 Å². The van der Waals surface area contributed by atoms with Crippen molar-refractivity contribution in [3.63, 3.8) is 0 Å². The van der Waals surface area contributed by atoms with Crippen molar-refractivity contribution in [3.05, 3.63) is 71.4 Å². The molecule has 126 valence electrons. The van der Waals surface area contributed by atoms with Crippen LogP contribution in [-0.4, -0.2) is 26.7 Å². The van der Waals surface area contributed by atoms with Gasteiger partial charge in [0, 0.05) is 55.4 Å². The molecule has 0 aliphatic carbocycles. The third-order valence-electron chi connectivity index (χ3n) is 3.91. The predicted molar refractivity (Wildman–Crippen MR) is 92.7 cm³/mol. The van der Waals surface area contributed by atoms with E-state index in [1.54, 1.807) is 23.1 Å². The highest BCUT2D eigenvalue weighted by atomic mass is 19.1. The molecule has 0 unspecified atom stereocenters. The van der Waals surface area contributed by atoms with E-state index in [-0.39, 0.29) is 5.82 Å². The molecule has 0 saturated carbocycles. The summed E-state index contributed by atoms with van der Waals surface area (Å²) in [4.78, 5) is 6.04. The van der Waals surface area contributed by atoms with E-state index < -0.39 is 0 Å². The highest BCUT2D eigenvalue weighted by Gasteiger charge is 2.14. The standard InChI is InChI=1S/C19H18FN5/c1-24(11-16-9-14(10-21)3-4-18(16)20)12-17-13-25(2)23-19(17)15-5-7-22-8-6-15/h3-9,13H,11-12H2,1-2H3. The lowest BCUT2D eigenvalue weighted by atomic mass is 10.1. The lowest BCUT2D eigenvalue weighted by molar-refractivity contribution is 0.314. The minimum absolute atomic E-state index is 0.300. The van der Waals surface area contributed by atoms with Gasteiger partial charge in [0.1, 0.15) is 5.82 Å². The number of pyridine rings is 1. The zero-order valence-corrected chi connectivity index (χ0v) is 14.1. The van der Waals surface area contributed by atoms with Gasteiger partial charge in [-0.25, -0.2) is 4.39 Å². The molecule has 2 aromatic heterocycles. The Hall–Kier alpha value is -3.04. The monoisotopic (exact) mass is 335 g/mol. The minimum atomic E-state index is -0.300. The van der Waals surface area contributed by atoms with Crippen molar-refractivity contribution in [1.29, 1.82) is 5.26 Å². The Bertz CT molecular complexity index is 911. The largest absolute Gasteiger partial charge is 0.298 e. The first-order chi connectivity index (χ1) is 12.1. The van der Waals surface area contributed by atoms with Gasteiger partial charge in [-0.3, -0.25) is 14.6 Å². The molecule has 25 heavy (non-hydrogen) atoms. The smallest absolute Gasteiger partial charge is 0.127 e. The van der Waals surface area contributed by atoms with Crippen LogP contribution in [0.2, 0.25) is 0 Å². The van der Waals surface area contributed by atoms with Gasteiger partial charge in [0.15, 0.2) is 0 Å². The SMILES string of the molecule is CN(Cc1cc(C#N)ccc1F)Cc1cn(C)nc1-c1ccncc1. The van der Waals surface area contributed by atoms with Crippen LogP contribution in [0.5, 0.6) is 0 Å². The maximum absolute atomic E-state index is 14.0. The predicted octanol–water partition coefficient (Wildman–Crippen LogP) is 3.12. The lowest BCUT2D eigenvalue weighted by Crippen LogP contribution is -2.18. The summed E-state index contributed by atoms with van der Waals surface area (Å²) in [6, 6.07) is 10.3. The molecular formula is C19H18FN5. The van der Waals surface area contributed by atoms with Crippen molar-refractivity contribution in [2.75, 3.05) is 7.05 Å². The number of nitriles is 1. The first kappa shape index (κ1) is 16.8. The van der Waals surface area contributed by atoms with Gasteiger partial charge in [-0.15, -0.1) is 0 Å². The molecule has 3 rings (SSSR count). The van der Waals surface area contributed by atoms with Crippen LogP contribution >= 0.6 is 0 Å². The maximum atomic E-state index is 14.0. The van der Waals surface area contributed by atoms with E-state index in [2.05, 4.69) is 10.1 Å². The molecule has 1 aromatic carbocycles. The van der Waals surface area contributed by atoms with Crippen molar-refractivity contribution in [3.8, 4) is 17.3 Å². The van der Waals surface area contributed by atoms with Crippen LogP contribution in [0, 0.1) is 17.1 Å². The first-order valence-electron chi connectivity index (χ1n) is 7.87. The average Bonchev–Trinajstić information content (AvgIpc) is 2.97. The summed E-state index contributed by atoms with van der Waals surface area (Å²) in [7, 11) is 3.80. The van der Waals surface area contributed by atoms with Gasteiger partial charge >= 0.3 is 0 Å². The van der Waals surface area contributed by atoms with Gasteiger partial charge in [-0.1, -0.05) is 0 Å². The number of hydrogen-bond donors (Lipinski definition) is 0. The van der Waals surface area contributed by atoms with E-state index >= 15 is 0 Å². The highest BCUT2D eigenvalue weighted by molar-refractivity contribution is 5.61. The molecule has 0 fully saturated rings. The maximum Gasteiger partial charge on any atom is 0.127 e. The molecule has 3 aromatic rings. The zero-order valence-electron chi connectivity index (χ0n) is 14.1. The first-order valence-corrected chi connectivity index (χ1v) is 7.87. The van der Waals surface area contributed by atoms with E-state index in [0.29, 0.717) is 24.2 Å². The number of aryl methyl sites for hydroxylation is 1. The second-order valence-electron chi connectivity index (χ2n) is 6.00. The molecule has 0 amide bonds. The van der Waals surface area contributed by atoms with Gasteiger partial charge in [0.25, 0.3) is 0 Å². The fourth-order valence-corrected chi connectivity index (χ4v) is 2.81. The van der Waals surface area contributed by atoms with Crippen LogP contribution < -0.4 is 0 Å². The van der Waals surface area contributed by atoms with Crippen molar-refractivity contribution >= 4 is 0 Å². The molecule has 0 aliphatic heterocycles. The molecule has 6 heteroatoms. The molecule has 0 aliphatic rings. The number of halogens is 1. The van der Waals surface area contributed by atoms with Crippen molar-refractivity contribution in [2.24, 2.45) is 7.05 Å². The van der Waals surface area contributed by atoms with Gasteiger partial charge in [-0.05, 0) is 37.4 Å². The summed E-state index contributed by atoms with van der Waals surface area (Å²) in [6.07, 6.45) is 5.44. The Kier molecular flexibility index (Phi) is 4.87. The lowest BCUT2D eigenvalue weighted by Gasteiger charge is -2.17. The van der Waals surface area contributed by atoms with E-state index in [1.165, 1.54) is 12.1 Å². The normalized spacial score (nSPS) is 10.8. The Morgan fingerprint density at radius 3 is 2.60 bits per heavy atom. The minimum Gasteiger partial charge on any atom is -0.298 e. The van der Waals surface area contributed by atoms with Crippen LogP contribution in [0.25, 0.3) is 11.3 Å². The summed E-state index contributed by atoms with van der Waals surface area (Å²) in [5, 5.41) is 13.5. The van der Waals surface area contributed by atoms with Gasteiger partial charge in [-0.2, -0.15) is 10.4 Å². The number of benzene rings is 1. The number of rotatable bonds is 5. The molecule has 0 radical (unpaired) electrons. The molecule has 0 atom stereocenters. The second-order valence-corrected chi connectivity index (χ2v) is 6.00. The Balaban J connectivity index is 1.80. The molecule has 0 saturated heterocycles. The summed E-state index contributed by atoms with van der Waals surface area (Å²) in [6.45, 7) is 1.02. The van der Waals surface area contributed by atoms with Crippen molar-refractivity contribution in [1.82, 2.24) is 19.7 Å². The number of nitrogens with zero attached hydrogens (tertiary/aromatic N) is 5. The Morgan fingerprint density at radius 1 is 1.16 bits per heavy atom. The fraction of sp³-hybridized carbons (Fsp3) is 0.211. The summed E-state index contributed by atoms with van der Waals surface area (Å²) in [5.74, 6) is -0.300. The van der Waals surface area contributed by atoms with Crippen LogP contribution in [0.4, 0.5) is 4.39 Å². The van der Waals surface area contributed by atoms with E-state index in [0.717, 1.165) is 16.8 Å². The molecule has 2 heterocycles. The Morgan fingerprint density at radius 2 is 1.88 bits per heavy atom. The molecule has 5 nitrogen and oxygen atoms in total. The zero-order chi connectivity index (χ0) is 17.8. The third-order valence-corrected chi connectivity index (χ3v) is 3.91. The highest BCUT2D eigenvalue weighted by Crippen LogP contribution is 2.23. The quantitative estimate of drug-likeness (QED) is 0.719.